The van der Waals surface area contributed by atoms with E-state index in [1.807, 2.05) is 0 Å². The van der Waals surface area contributed by atoms with Gasteiger partial charge in [-0.2, -0.15) is 0 Å². The van der Waals surface area contributed by atoms with Gasteiger partial charge in [0.25, 0.3) is 0 Å². The summed E-state index contributed by atoms with van der Waals surface area (Å²) in [4.78, 5) is 24.6. The first-order valence-corrected chi connectivity index (χ1v) is 7.39. The summed E-state index contributed by atoms with van der Waals surface area (Å²) in [7, 11) is 0. The fraction of sp³-hybridized carbons (Fsp3) is 0.385. The average molecular weight is 362 g/mol. The number of anilines is 1. The van der Waals surface area contributed by atoms with Gasteiger partial charge in [-0.3, -0.25) is 4.79 Å². The van der Waals surface area contributed by atoms with Crippen molar-refractivity contribution in [2.24, 2.45) is 0 Å². The molecule has 1 aliphatic rings. The van der Waals surface area contributed by atoms with Gasteiger partial charge in [-0.05, 0) is 40.9 Å². The number of carboxylic acids is 1. The Kier molecular flexibility index (Phi) is 4.88. The number of likely N-dealkylation sites (tertiary alicyclic amines) is 1. The molecule has 108 valence electrons. The molecule has 5 nitrogen and oxygen atoms in total. The first-order valence-electron chi connectivity index (χ1n) is 6.22. The summed E-state index contributed by atoms with van der Waals surface area (Å²) < 4.78 is 0.615. The Balaban J connectivity index is 2.07. The lowest BCUT2D eigenvalue weighted by Crippen LogP contribution is -2.39. The number of benzene rings is 1. The number of hydrogen-bond acceptors (Lipinski definition) is 2. The molecule has 2 amide bonds. The van der Waals surface area contributed by atoms with Crippen LogP contribution in [-0.4, -0.2) is 34.6 Å². The van der Waals surface area contributed by atoms with Gasteiger partial charge in [0.1, 0.15) is 0 Å². The summed E-state index contributed by atoms with van der Waals surface area (Å²) in [6.45, 7) is 0.571. The van der Waals surface area contributed by atoms with Crippen LogP contribution in [0.15, 0.2) is 22.7 Å². The molecule has 2 rings (SSSR count). The van der Waals surface area contributed by atoms with Gasteiger partial charge < -0.3 is 15.3 Å². The number of amides is 2. The minimum absolute atomic E-state index is 0.0237. The van der Waals surface area contributed by atoms with Crippen LogP contribution >= 0.6 is 27.5 Å². The summed E-state index contributed by atoms with van der Waals surface area (Å²) >= 11 is 9.28. The summed E-state index contributed by atoms with van der Waals surface area (Å²) in [5.41, 5.74) is 0.573. The molecule has 1 unspecified atom stereocenters. The molecule has 0 saturated carbocycles. The van der Waals surface area contributed by atoms with Crippen molar-refractivity contribution in [1.29, 1.82) is 0 Å². The minimum atomic E-state index is -0.890. The van der Waals surface area contributed by atoms with Crippen molar-refractivity contribution in [3.63, 3.8) is 0 Å². The Morgan fingerprint density at radius 1 is 1.50 bits per heavy atom. The summed E-state index contributed by atoms with van der Waals surface area (Å²) in [6, 6.07) is 4.64. The molecule has 1 atom stereocenters. The largest absolute Gasteiger partial charge is 0.481 e. The zero-order valence-corrected chi connectivity index (χ0v) is 12.9. The van der Waals surface area contributed by atoms with Crippen LogP contribution in [-0.2, 0) is 4.79 Å². The zero-order valence-electron chi connectivity index (χ0n) is 10.6. The Labute approximate surface area is 130 Å². The van der Waals surface area contributed by atoms with Crippen LogP contribution in [0.2, 0.25) is 5.02 Å². The lowest BCUT2D eigenvalue weighted by molar-refractivity contribution is -0.137. The SMILES string of the molecule is O=C(O)CC1CCCN1C(=O)Nc1cccc(Cl)c1Br. The highest BCUT2D eigenvalue weighted by Crippen LogP contribution is 2.31. The molecule has 1 aromatic rings. The molecule has 1 aliphatic heterocycles. The van der Waals surface area contributed by atoms with Crippen molar-refractivity contribution in [1.82, 2.24) is 4.90 Å². The van der Waals surface area contributed by atoms with E-state index in [0.29, 0.717) is 21.7 Å². The molecular weight excluding hydrogens is 348 g/mol. The third-order valence-corrected chi connectivity index (χ3v) is 4.64. The molecule has 1 fully saturated rings. The fourth-order valence-corrected chi connectivity index (χ4v) is 2.84. The van der Waals surface area contributed by atoms with Crippen LogP contribution < -0.4 is 5.32 Å². The number of nitrogens with zero attached hydrogens (tertiary/aromatic N) is 1. The topological polar surface area (TPSA) is 69.6 Å². The highest BCUT2D eigenvalue weighted by Gasteiger charge is 2.30. The molecule has 1 saturated heterocycles. The van der Waals surface area contributed by atoms with Gasteiger partial charge in [-0.15, -0.1) is 0 Å². The van der Waals surface area contributed by atoms with Gasteiger partial charge in [0.05, 0.1) is 21.6 Å². The van der Waals surface area contributed by atoms with Crippen molar-refractivity contribution < 1.29 is 14.7 Å². The highest BCUT2D eigenvalue weighted by molar-refractivity contribution is 9.10. The second-order valence-corrected chi connectivity index (χ2v) is 5.82. The quantitative estimate of drug-likeness (QED) is 0.864. The van der Waals surface area contributed by atoms with E-state index in [0.717, 1.165) is 12.8 Å². The number of hydrogen-bond donors (Lipinski definition) is 2. The Morgan fingerprint density at radius 2 is 2.25 bits per heavy atom. The molecule has 1 heterocycles. The van der Waals surface area contributed by atoms with E-state index >= 15 is 0 Å². The van der Waals surface area contributed by atoms with Crippen LogP contribution in [0.1, 0.15) is 19.3 Å². The smallest absolute Gasteiger partial charge is 0.322 e. The standard InChI is InChI=1S/C13H14BrClN2O3/c14-12-9(15)4-1-5-10(12)16-13(20)17-6-2-3-8(17)7-11(18)19/h1,4-5,8H,2-3,6-7H2,(H,16,20)(H,18,19). The van der Waals surface area contributed by atoms with Gasteiger partial charge in [-0.1, -0.05) is 17.7 Å². The number of carboxylic acid groups (broad SMARTS) is 1. The van der Waals surface area contributed by atoms with Crippen LogP contribution in [0.4, 0.5) is 10.5 Å². The van der Waals surface area contributed by atoms with Crippen molar-refractivity contribution in [2.75, 3.05) is 11.9 Å². The number of urea groups is 1. The molecular formula is C13H14BrClN2O3. The Bertz CT molecular complexity index is 538. The molecule has 0 aliphatic carbocycles. The fourth-order valence-electron chi connectivity index (χ4n) is 2.30. The molecule has 0 bridgehead atoms. The van der Waals surface area contributed by atoms with Crippen molar-refractivity contribution in [3.8, 4) is 0 Å². The number of nitrogens with one attached hydrogen (secondary N) is 1. The van der Waals surface area contributed by atoms with E-state index in [2.05, 4.69) is 21.2 Å². The van der Waals surface area contributed by atoms with E-state index in [1.54, 1.807) is 23.1 Å². The lowest BCUT2D eigenvalue weighted by Gasteiger charge is -2.24. The number of carbonyl (C=O) groups is 2. The Morgan fingerprint density at radius 3 is 2.95 bits per heavy atom. The van der Waals surface area contributed by atoms with Crippen LogP contribution in [0.25, 0.3) is 0 Å². The monoisotopic (exact) mass is 360 g/mol. The summed E-state index contributed by atoms with van der Waals surface area (Å²) in [5, 5.41) is 12.1. The van der Waals surface area contributed by atoms with Gasteiger partial charge in [0.2, 0.25) is 0 Å². The third kappa shape index (κ3) is 3.43. The van der Waals surface area contributed by atoms with E-state index in [9.17, 15) is 9.59 Å². The third-order valence-electron chi connectivity index (χ3n) is 3.24. The van der Waals surface area contributed by atoms with Crippen LogP contribution in [0.5, 0.6) is 0 Å². The van der Waals surface area contributed by atoms with Gasteiger partial charge in [0.15, 0.2) is 0 Å². The van der Waals surface area contributed by atoms with Crippen molar-refractivity contribution in [3.05, 3.63) is 27.7 Å². The Hall–Kier alpha value is -1.27. The number of rotatable bonds is 3. The number of halogens is 2. The predicted molar refractivity (Wildman–Crippen MR) is 80.2 cm³/mol. The molecule has 7 heteroatoms. The zero-order chi connectivity index (χ0) is 14.7. The first-order chi connectivity index (χ1) is 9.49. The maximum absolute atomic E-state index is 12.2. The normalized spacial score (nSPS) is 18.1. The molecule has 0 spiro atoms. The maximum Gasteiger partial charge on any atom is 0.322 e. The van der Waals surface area contributed by atoms with Crippen molar-refractivity contribution in [2.45, 2.75) is 25.3 Å². The van der Waals surface area contributed by atoms with E-state index < -0.39 is 5.97 Å². The molecule has 0 aromatic heterocycles. The van der Waals surface area contributed by atoms with Crippen molar-refractivity contribution >= 4 is 45.2 Å². The minimum Gasteiger partial charge on any atom is -0.481 e. The first kappa shape index (κ1) is 15.1. The van der Waals surface area contributed by atoms with E-state index in [4.69, 9.17) is 16.7 Å². The summed E-state index contributed by atoms with van der Waals surface area (Å²) in [6.07, 6.45) is 1.52. The van der Waals surface area contributed by atoms with Gasteiger partial charge in [0, 0.05) is 12.6 Å². The average Bonchev–Trinajstić information content (AvgIpc) is 2.82. The van der Waals surface area contributed by atoms with Crippen LogP contribution in [0.3, 0.4) is 0 Å². The van der Waals surface area contributed by atoms with Crippen LogP contribution in [0, 0.1) is 0 Å². The molecule has 20 heavy (non-hydrogen) atoms. The lowest BCUT2D eigenvalue weighted by atomic mass is 10.1. The van der Waals surface area contributed by atoms with Gasteiger partial charge >= 0.3 is 12.0 Å². The molecule has 2 N–H and O–H groups in total. The van der Waals surface area contributed by atoms with E-state index in [1.165, 1.54) is 0 Å². The van der Waals surface area contributed by atoms with E-state index in [-0.39, 0.29) is 18.5 Å². The molecule has 1 aromatic carbocycles. The summed E-state index contributed by atoms with van der Waals surface area (Å²) in [5.74, 6) is -0.890. The van der Waals surface area contributed by atoms with Gasteiger partial charge in [-0.25, -0.2) is 4.79 Å². The second kappa shape index (κ2) is 6.45. The molecule has 0 radical (unpaired) electrons. The maximum atomic E-state index is 12.2. The highest BCUT2D eigenvalue weighted by atomic mass is 79.9. The predicted octanol–water partition coefficient (Wildman–Crippen LogP) is 3.57. The second-order valence-electron chi connectivity index (χ2n) is 4.62. The number of carbonyl (C=O) groups excluding carboxylic acids is 1. The number of aliphatic carboxylic acids is 1.